The lowest BCUT2D eigenvalue weighted by Crippen LogP contribution is -2.09. The summed E-state index contributed by atoms with van der Waals surface area (Å²) in [6.07, 6.45) is 6.32. The van der Waals surface area contributed by atoms with E-state index < -0.39 is 0 Å². The van der Waals surface area contributed by atoms with Gasteiger partial charge in [-0.3, -0.25) is 0 Å². The molecule has 0 saturated carbocycles. The van der Waals surface area contributed by atoms with Gasteiger partial charge < -0.3 is 4.74 Å². The van der Waals surface area contributed by atoms with Gasteiger partial charge in [0.15, 0.2) is 17.5 Å². The van der Waals surface area contributed by atoms with E-state index in [1.54, 1.807) is 19.1 Å². The van der Waals surface area contributed by atoms with Gasteiger partial charge in [0.25, 0.3) is 0 Å². The number of nitrogens with zero attached hydrogens (tertiary/aromatic N) is 2. The molecule has 0 radical (unpaired) electrons. The summed E-state index contributed by atoms with van der Waals surface area (Å²) in [5.74, 6) is 2.83. The van der Waals surface area contributed by atoms with Crippen LogP contribution in [0.1, 0.15) is 12.6 Å². The summed E-state index contributed by atoms with van der Waals surface area (Å²) in [5.41, 5.74) is 0.254. The molecular formula is C10H8N2O. The Balaban J connectivity index is 2.90. The Hall–Kier alpha value is -2.00. The molecule has 1 rings (SSSR count). The van der Waals surface area contributed by atoms with E-state index in [0.29, 0.717) is 5.75 Å². The number of pyridine rings is 1. The standard InChI is InChI=1S/C10H8N2O/c1-3-8(2)13-10-5-4-6-12-9(10)7-11/h1,4-6,8H,2H3. The molecule has 3 nitrogen and oxygen atoms in total. The van der Waals surface area contributed by atoms with Crippen LogP contribution in [-0.2, 0) is 0 Å². The SMILES string of the molecule is C#CC(C)Oc1cccnc1C#N. The minimum atomic E-state index is -0.351. The quantitative estimate of drug-likeness (QED) is 0.632. The summed E-state index contributed by atoms with van der Waals surface area (Å²) < 4.78 is 5.26. The first-order valence-electron chi connectivity index (χ1n) is 3.76. The van der Waals surface area contributed by atoms with Crippen LogP contribution >= 0.6 is 0 Å². The fourth-order valence-electron chi connectivity index (χ4n) is 0.794. The van der Waals surface area contributed by atoms with Crippen molar-refractivity contribution in [3.05, 3.63) is 24.0 Å². The molecule has 1 aromatic heterocycles. The van der Waals surface area contributed by atoms with Crippen LogP contribution in [0.2, 0.25) is 0 Å². The largest absolute Gasteiger partial charge is 0.475 e. The zero-order chi connectivity index (χ0) is 9.68. The van der Waals surface area contributed by atoms with Gasteiger partial charge in [-0.1, -0.05) is 5.92 Å². The predicted octanol–water partition coefficient (Wildman–Crippen LogP) is 1.35. The van der Waals surface area contributed by atoms with Gasteiger partial charge in [-0.05, 0) is 19.1 Å². The van der Waals surface area contributed by atoms with Crippen molar-refractivity contribution >= 4 is 0 Å². The second kappa shape index (κ2) is 4.13. The summed E-state index contributed by atoms with van der Waals surface area (Å²) in [6.45, 7) is 1.73. The number of terminal acetylenes is 1. The molecule has 0 fully saturated rings. The van der Waals surface area contributed by atoms with Crippen LogP contribution < -0.4 is 4.74 Å². The Morgan fingerprint density at radius 2 is 2.46 bits per heavy atom. The lowest BCUT2D eigenvalue weighted by molar-refractivity contribution is 0.277. The van der Waals surface area contributed by atoms with Gasteiger partial charge in [-0.2, -0.15) is 5.26 Å². The third-order valence-electron chi connectivity index (χ3n) is 1.42. The van der Waals surface area contributed by atoms with E-state index in [9.17, 15) is 0 Å². The summed E-state index contributed by atoms with van der Waals surface area (Å²) in [6, 6.07) is 5.28. The van der Waals surface area contributed by atoms with Crippen LogP contribution in [0.4, 0.5) is 0 Å². The Morgan fingerprint density at radius 3 is 3.08 bits per heavy atom. The molecule has 0 N–H and O–H groups in total. The molecule has 0 bridgehead atoms. The summed E-state index contributed by atoms with van der Waals surface area (Å²) in [7, 11) is 0. The molecule has 13 heavy (non-hydrogen) atoms. The molecule has 0 spiro atoms. The van der Waals surface area contributed by atoms with E-state index in [1.807, 2.05) is 6.07 Å². The van der Waals surface area contributed by atoms with Crippen LogP contribution in [0, 0.1) is 23.7 Å². The molecular weight excluding hydrogens is 164 g/mol. The molecule has 0 saturated heterocycles. The second-order valence-electron chi connectivity index (χ2n) is 2.39. The van der Waals surface area contributed by atoms with Crippen LogP contribution in [-0.4, -0.2) is 11.1 Å². The monoisotopic (exact) mass is 172 g/mol. The molecule has 1 aromatic rings. The second-order valence-corrected chi connectivity index (χ2v) is 2.39. The molecule has 3 heteroatoms. The zero-order valence-corrected chi connectivity index (χ0v) is 7.19. The Morgan fingerprint density at radius 1 is 1.69 bits per heavy atom. The third kappa shape index (κ3) is 2.21. The normalized spacial score (nSPS) is 11.0. The van der Waals surface area contributed by atoms with E-state index in [-0.39, 0.29) is 11.8 Å². The fourth-order valence-corrected chi connectivity index (χ4v) is 0.794. The van der Waals surface area contributed by atoms with Crippen molar-refractivity contribution in [1.29, 1.82) is 5.26 Å². The first kappa shape index (κ1) is 9.09. The summed E-state index contributed by atoms with van der Waals surface area (Å²) in [5, 5.41) is 8.66. The zero-order valence-electron chi connectivity index (χ0n) is 7.19. The van der Waals surface area contributed by atoms with Gasteiger partial charge in [0.2, 0.25) is 0 Å². The van der Waals surface area contributed by atoms with Crippen molar-refractivity contribution < 1.29 is 4.74 Å². The fraction of sp³-hybridized carbons (Fsp3) is 0.200. The van der Waals surface area contributed by atoms with Gasteiger partial charge in [-0.25, -0.2) is 4.98 Å². The molecule has 64 valence electrons. The van der Waals surface area contributed by atoms with Gasteiger partial charge in [0, 0.05) is 6.20 Å². The van der Waals surface area contributed by atoms with Crippen molar-refractivity contribution in [3.8, 4) is 24.2 Å². The van der Waals surface area contributed by atoms with Crippen molar-refractivity contribution in [2.45, 2.75) is 13.0 Å². The molecule has 1 heterocycles. The van der Waals surface area contributed by atoms with Crippen LogP contribution in [0.15, 0.2) is 18.3 Å². The number of aromatic nitrogens is 1. The highest BCUT2D eigenvalue weighted by Crippen LogP contribution is 2.15. The van der Waals surface area contributed by atoms with Crippen LogP contribution in [0.5, 0.6) is 5.75 Å². The Kier molecular flexibility index (Phi) is 2.89. The Bertz CT molecular complexity index is 373. The van der Waals surface area contributed by atoms with Crippen molar-refractivity contribution in [1.82, 2.24) is 4.98 Å². The molecule has 1 atom stereocenters. The van der Waals surface area contributed by atoms with Crippen LogP contribution in [0.25, 0.3) is 0 Å². The van der Waals surface area contributed by atoms with E-state index in [0.717, 1.165) is 0 Å². The maximum atomic E-state index is 8.66. The van der Waals surface area contributed by atoms with E-state index in [1.165, 1.54) is 6.20 Å². The van der Waals surface area contributed by atoms with Gasteiger partial charge in [0.05, 0.1) is 0 Å². The van der Waals surface area contributed by atoms with Crippen molar-refractivity contribution in [2.24, 2.45) is 0 Å². The minimum absolute atomic E-state index is 0.254. The molecule has 0 aliphatic heterocycles. The number of nitriles is 1. The van der Waals surface area contributed by atoms with Gasteiger partial charge in [-0.15, -0.1) is 6.42 Å². The lowest BCUT2D eigenvalue weighted by Gasteiger charge is -2.08. The van der Waals surface area contributed by atoms with Crippen LogP contribution in [0.3, 0.4) is 0 Å². The van der Waals surface area contributed by atoms with Crippen molar-refractivity contribution in [3.63, 3.8) is 0 Å². The lowest BCUT2D eigenvalue weighted by atomic mass is 10.3. The minimum Gasteiger partial charge on any atom is -0.475 e. The maximum Gasteiger partial charge on any atom is 0.182 e. The van der Waals surface area contributed by atoms with E-state index >= 15 is 0 Å². The molecule has 0 aliphatic carbocycles. The Labute approximate surface area is 77.0 Å². The summed E-state index contributed by atoms with van der Waals surface area (Å²) in [4.78, 5) is 3.83. The first-order valence-corrected chi connectivity index (χ1v) is 3.76. The van der Waals surface area contributed by atoms with Crippen molar-refractivity contribution in [2.75, 3.05) is 0 Å². The number of ether oxygens (including phenoxy) is 1. The molecule has 0 aliphatic rings. The first-order chi connectivity index (χ1) is 6.27. The third-order valence-corrected chi connectivity index (χ3v) is 1.42. The summed E-state index contributed by atoms with van der Waals surface area (Å²) >= 11 is 0. The number of hydrogen-bond donors (Lipinski definition) is 0. The molecule has 0 amide bonds. The maximum absolute atomic E-state index is 8.66. The van der Waals surface area contributed by atoms with Gasteiger partial charge >= 0.3 is 0 Å². The van der Waals surface area contributed by atoms with E-state index in [4.69, 9.17) is 16.4 Å². The molecule has 0 aromatic carbocycles. The number of hydrogen-bond acceptors (Lipinski definition) is 3. The van der Waals surface area contributed by atoms with E-state index in [2.05, 4.69) is 10.9 Å². The average molecular weight is 172 g/mol. The van der Waals surface area contributed by atoms with Gasteiger partial charge in [0.1, 0.15) is 6.07 Å². The highest BCUT2D eigenvalue weighted by molar-refractivity contribution is 5.36. The number of rotatable bonds is 2. The highest BCUT2D eigenvalue weighted by atomic mass is 16.5. The highest BCUT2D eigenvalue weighted by Gasteiger charge is 2.05. The average Bonchev–Trinajstić information content (AvgIpc) is 2.18. The molecule has 1 unspecified atom stereocenters. The topological polar surface area (TPSA) is 45.9 Å². The smallest absolute Gasteiger partial charge is 0.182 e. The predicted molar refractivity (Wildman–Crippen MR) is 47.9 cm³/mol.